The van der Waals surface area contributed by atoms with Crippen LogP contribution in [0.2, 0.25) is 10.0 Å². The Morgan fingerprint density at radius 1 is 1.10 bits per heavy atom. The maximum Gasteiger partial charge on any atom is 0.211 e. The van der Waals surface area contributed by atoms with Crippen molar-refractivity contribution in [3.8, 4) is 5.13 Å². The molecule has 1 aliphatic carbocycles. The van der Waals surface area contributed by atoms with Crippen molar-refractivity contribution in [1.29, 1.82) is 0 Å². The molecule has 0 saturated carbocycles. The van der Waals surface area contributed by atoms with Gasteiger partial charge in [-0.15, -0.1) is 5.10 Å². The number of fused-ring (bicyclic) bond motifs is 2. The van der Waals surface area contributed by atoms with E-state index >= 15 is 0 Å². The quantitative estimate of drug-likeness (QED) is 0.373. The van der Waals surface area contributed by atoms with Crippen molar-refractivity contribution >= 4 is 62.0 Å². The molecule has 0 aliphatic heterocycles. The van der Waals surface area contributed by atoms with Crippen molar-refractivity contribution in [2.75, 3.05) is 5.32 Å². The van der Waals surface area contributed by atoms with Crippen LogP contribution in [-0.2, 0) is 6.42 Å². The van der Waals surface area contributed by atoms with Crippen molar-refractivity contribution in [1.82, 2.24) is 14.8 Å². The van der Waals surface area contributed by atoms with Crippen LogP contribution in [0.4, 0.5) is 11.5 Å². The average Bonchev–Trinajstić information content (AvgIpc) is 3.21. The summed E-state index contributed by atoms with van der Waals surface area (Å²) in [6.45, 7) is 4.21. The number of hydrogen-bond acceptors (Lipinski definition) is 5. The Morgan fingerprint density at radius 2 is 1.83 bits per heavy atom. The van der Waals surface area contributed by atoms with Crippen LogP contribution in [0.5, 0.6) is 0 Å². The minimum absolute atomic E-state index is 0.0734. The third kappa shape index (κ3) is 3.49. The highest BCUT2D eigenvalue weighted by molar-refractivity contribution is 7.20. The zero-order chi connectivity index (χ0) is 21.0. The fourth-order valence-corrected chi connectivity index (χ4v) is 5.38. The second-order valence-electron chi connectivity index (χ2n) is 8.27. The number of halogens is 2. The van der Waals surface area contributed by atoms with Gasteiger partial charge >= 0.3 is 0 Å². The maximum absolute atomic E-state index is 13.1. The number of nitrogens with zero attached hydrogens (tertiary/aromatic N) is 3. The van der Waals surface area contributed by atoms with Gasteiger partial charge in [-0.1, -0.05) is 60.5 Å². The predicted octanol–water partition coefficient (Wildman–Crippen LogP) is 6.69. The van der Waals surface area contributed by atoms with E-state index in [9.17, 15) is 4.79 Å². The summed E-state index contributed by atoms with van der Waals surface area (Å²) in [6.07, 6.45) is 1.20. The lowest BCUT2D eigenvalue weighted by Gasteiger charge is -2.28. The molecule has 5 rings (SSSR count). The van der Waals surface area contributed by atoms with E-state index in [1.807, 2.05) is 28.9 Å². The van der Waals surface area contributed by atoms with Crippen LogP contribution < -0.4 is 5.32 Å². The van der Waals surface area contributed by atoms with E-state index in [0.717, 1.165) is 27.5 Å². The lowest BCUT2D eigenvalue weighted by atomic mass is 9.76. The number of carbonyl (C=O) groups is 1. The van der Waals surface area contributed by atoms with Crippen molar-refractivity contribution in [2.24, 2.45) is 5.41 Å². The molecule has 0 unspecified atom stereocenters. The number of nitrogens with one attached hydrogen (secondary N) is 1. The first kappa shape index (κ1) is 19.5. The molecule has 0 spiro atoms. The molecule has 5 nitrogen and oxygen atoms in total. The Kier molecular flexibility index (Phi) is 4.61. The normalized spacial score (nSPS) is 15.4. The van der Waals surface area contributed by atoms with Crippen LogP contribution in [-0.4, -0.2) is 20.5 Å². The van der Waals surface area contributed by atoms with E-state index in [1.165, 1.54) is 0 Å². The van der Waals surface area contributed by atoms with Crippen LogP contribution >= 0.6 is 34.5 Å². The highest BCUT2D eigenvalue weighted by Gasteiger charge is 2.37. The molecule has 1 N–H and O–H groups in total. The van der Waals surface area contributed by atoms with Gasteiger partial charge in [0.15, 0.2) is 11.6 Å². The van der Waals surface area contributed by atoms with Gasteiger partial charge in [0.1, 0.15) is 0 Å². The summed E-state index contributed by atoms with van der Waals surface area (Å²) in [5, 5.41) is 9.79. The Hall–Kier alpha value is -2.41. The van der Waals surface area contributed by atoms with Crippen LogP contribution in [0.25, 0.3) is 15.3 Å². The molecule has 30 heavy (non-hydrogen) atoms. The molecular formula is C22H18Cl2N4OS. The van der Waals surface area contributed by atoms with Gasteiger partial charge in [0, 0.05) is 22.2 Å². The third-order valence-electron chi connectivity index (χ3n) is 5.13. The molecule has 152 valence electrons. The number of thiazole rings is 1. The Morgan fingerprint density at radius 3 is 2.57 bits per heavy atom. The number of para-hydroxylation sites is 1. The summed E-state index contributed by atoms with van der Waals surface area (Å²) < 4.78 is 2.89. The topological polar surface area (TPSA) is 59.8 Å². The number of carbonyl (C=O) groups excluding carboxylic acids is 1. The molecule has 2 aromatic carbocycles. The summed E-state index contributed by atoms with van der Waals surface area (Å²) in [7, 11) is 0. The van der Waals surface area contributed by atoms with Crippen molar-refractivity contribution in [3.63, 3.8) is 0 Å². The number of aromatic nitrogens is 3. The average molecular weight is 457 g/mol. The van der Waals surface area contributed by atoms with Crippen molar-refractivity contribution in [3.05, 3.63) is 63.8 Å². The van der Waals surface area contributed by atoms with Gasteiger partial charge in [-0.25, -0.2) is 9.67 Å². The molecule has 0 radical (unpaired) electrons. The van der Waals surface area contributed by atoms with Crippen LogP contribution in [0.3, 0.4) is 0 Å². The lowest BCUT2D eigenvalue weighted by molar-refractivity contribution is 0.0912. The van der Waals surface area contributed by atoms with E-state index in [1.54, 1.807) is 29.5 Å². The van der Waals surface area contributed by atoms with E-state index in [0.29, 0.717) is 33.5 Å². The highest BCUT2D eigenvalue weighted by Crippen LogP contribution is 2.40. The minimum Gasteiger partial charge on any atom is -0.338 e. The van der Waals surface area contributed by atoms with E-state index in [2.05, 4.69) is 19.2 Å². The molecule has 2 aromatic heterocycles. The van der Waals surface area contributed by atoms with Crippen LogP contribution in [0, 0.1) is 5.41 Å². The molecule has 0 saturated heterocycles. The Labute approximate surface area is 187 Å². The number of ketones is 1. The summed E-state index contributed by atoms with van der Waals surface area (Å²) in [5.41, 5.74) is 2.95. The van der Waals surface area contributed by atoms with Crippen LogP contribution in [0.15, 0.2) is 42.5 Å². The van der Waals surface area contributed by atoms with Gasteiger partial charge < -0.3 is 5.32 Å². The molecule has 0 amide bonds. The molecule has 8 heteroatoms. The number of anilines is 2. The summed E-state index contributed by atoms with van der Waals surface area (Å²) in [4.78, 5) is 17.9. The smallest absolute Gasteiger partial charge is 0.211 e. The second kappa shape index (κ2) is 7.08. The molecule has 0 atom stereocenters. The molecule has 0 fully saturated rings. The molecule has 1 aliphatic rings. The molecule has 2 heterocycles. The van der Waals surface area contributed by atoms with Crippen molar-refractivity contribution < 1.29 is 4.79 Å². The lowest BCUT2D eigenvalue weighted by Crippen LogP contribution is -2.28. The zero-order valence-electron chi connectivity index (χ0n) is 16.4. The van der Waals surface area contributed by atoms with E-state index < -0.39 is 0 Å². The second-order valence-corrected chi connectivity index (χ2v) is 10.2. The minimum atomic E-state index is -0.144. The zero-order valence-corrected chi connectivity index (χ0v) is 18.7. The largest absolute Gasteiger partial charge is 0.338 e. The first-order chi connectivity index (χ1) is 14.3. The Balaban J connectivity index is 1.67. The van der Waals surface area contributed by atoms with Gasteiger partial charge in [-0.3, -0.25) is 4.79 Å². The van der Waals surface area contributed by atoms with Crippen LogP contribution in [0.1, 0.15) is 36.3 Å². The van der Waals surface area contributed by atoms with E-state index in [4.69, 9.17) is 33.3 Å². The van der Waals surface area contributed by atoms with Crippen molar-refractivity contribution in [2.45, 2.75) is 26.7 Å². The number of hydrogen-bond donors (Lipinski definition) is 1. The number of benzene rings is 2. The maximum atomic E-state index is 13.1. The fraction of sp³-hybridized carbons (Fsp3) is 0.227. The van der Waals surface area contributed by atoms with Gasteiger partial charge in [-0.2, -0.15) is 0 Å². The van der Waals surface area contributed by atoms with E-state index in [-0.39, 0.29) is 11.2 Å². The Bertz CT molecular complexity index is 1250. The highest BCUT2D eigenvalue weighted by atomic mass is 35.5. The molecule has 0 bridgehead atoms. The van der Waals surface area contributed by atoms with Gasteiger partial charge in [0.05, 0.1) is 21.5 Å². The SMILES string of the molecule is CC1(C)CC(=O)c2c(Nc3cc(Cl)cc(Cl)c3)nn(-c3nc4ccccc4s3)c2C1. The first-order valence-corrected chi connectivity index (χ1v) is 11.1. The van der Waals surface area contributed by atoms with Gasteiger partial charge in [0.2, 0.25) is 5.13 Å². The van der Waals surface area contributed by atoms with Gasteiger partial charge in [0.25, 0.3) is 0 Å². The number of Topliss-reactive ketones (excluding diaryl/α,β-unsaturated/α-hetero) is 1. The predicted molar refractivity (Wildman–Crippen MR) is 123 cm³/mol. The van der Waals surface area contributed by atoms with Gasteiger partial charge in [-0.05, 0) is 42.2 Å². The summed E-state index contributed by atoms with van der Waals surface area (Å²) >= 11 is 13.9. The number of rotatable bonds is 3. The summed E-state index contributed by atoms with van der Waals surface area (Å²) in [5.74, 6) is 0.576. The standard InChI is InChI=1S/C22H18Cl2N4OS/c1-22(2)10-16-19(17(29)11-22)20(25-14-8-12(23)7-13(24)9-14)27-28(16)21-26-15-5-3-4-6-18(15)30-21/h3-9H,10-11H2,1-2H3,(H,25,27). The first-order valence-electron chi connectivity index (χ1n) is 9.53. The summed E-state index contributed by atoms with van der Waals surface area (Å²) in [6, 6.07) is 13.2. The monoisotopic (exact) mass is 456 g/mol. The molecular weight excluding hydrogens is 439 g/mol. The fourth-order valence-electron chi connectivity index (χ4n) is 3.91. The third-order valence-corrected chi connectivity index (χ3v) is 6.58. The molecule has 4 aromatic rings.